The largest absolute Gasteiger partial charge is 0.493 e. The zero-order valence-corrected chi connectivity index (χ0v) is 15.7. The Morgan fingerprint density at radius 2 is 1.96 bits per heavy atom. The van der Waals surface area contributed by atoms with Crippen molar-refractivity contribution < 1.29 is 18.8 Å². The molecule has 1 N–H and O–H groups in total. The Morgan fingerprint density at radius 3 is 2.63 bits per heavy atom. The molecule has 3 rings (SSSR count). The molecule has 1 aromatic carbocycles. The molecular formula is C20H21N3O4. The molecule has 0 bridgehead atoms. The van der Waals surface area contributed by atoms with Crippen LogP contribution >= 0.6 is 0 Å². The maximum Gasteiger partial charge on any atom is 0.256 e. The third-order valence-electron chi connectivity index (χ3n) is 4.11. The summed E-state index contributed by atoms with van der Waals surface area (Å²) in [4.78, 5) is 16.7. The molecule has 0 aliphatic carbocycles. The van der Waals surface area contributed by atoms with Crippen molar-refractivity contribution in [3.05, 3.63) is 64.7 Å². The number of anilines is 1. The first-order chi connectivity index (χ1) is 13.0. The number of aromatic nitrogens is 2. The van der Waals surface area contributed by atoms with Crippen LogP contribution < -0.4 is 14.8 Å². The lowest BCUT2D eigenvalue weighted by Crippen LogP contribution is -2.13. The predicted molar refractivity (Wildman–Crippen MR) is 100 cm³/mol. The summed E-state index contributed by atoms with van der Waals surface area (Å²) < 4.78 is 16.3. The van der Waals surface area contributed by atoms with Gasteiger partial charge in [0.15, 0.2) is 11.5 Å². The highest BCUT2D eigenvalue weighted by Crippen LogP contribution is 2.29. The second-order valence-electron chi connectivity index (χ2n) is 6.08. The van der Waals surface area contributed by atoms with Crippen molar-refractivity contribution in [1.82, 2.24) is 10.1 Å². The fourth-order valence-electron chi connectivity index (χ4n) is 2.59. The number of hydrogen-bond donors (Lipinski definition) is 1. The molecule has 7 nitrogen and oxygen atoms in total. The molecule has 0 radical (unpaired) electrons. The minimum atomic E-state index is -0.274. The lowest BCUT2D eigenvalue weighted by atomic mass is 10.2. The standard InChI is InChI=1S/C20H21N3O4/c1-12-6-5-7-19(21-12)22-20(24)15-8-9-17(18(10-15)25-4)26-11-16-13(2)23-27-14(16)3/h5-10H,11H2,1-4H3,(H,21,22,24). The van der Waals surface area contributed by atoms with Gasteiger partial charge >= 0.3 is 0 Å². The molecule has 0 spiro atoms. The third kappa shape index (κ3) is 4.25. The number of nitrogens with one attached hydrogen (secondary N) is 1. The van der Waals surface area contributed by atoms with E-state index in [0.717, 1.165) is 17.0 Å². The van der Waals surface area contributed by atoms with Crippen LogP contribution in [0.25, 0.3) is 0 Å². The normalized spacial score (nSPS) is 10.5. The van der Waals surface area contributed by atoms with E-state index in [0.29, 0.717) is 35.2 Å². The molecule has 2 aromatic heterocycles. The van der Waals surface area contributed by atoms with Gasteiger partial charge in [-0.05, 0) is 51.1 Å². The molecular weight excluding hydrogens is 346 g/mol. The predicted octanol–water partition coefficient (Wildman–Crippen LogP) is 3.83. The van der Waals surface area contributed by atoms with Gasteiger partial charge in [-0.2, -0.15) is 0 Å². The van der Waals surface area contributed by atoms with Crippen LogP contribution in [0.1, 0.15) is 33.1 Å². The first-order valence-electron chi connectivity index (χ1n) is 8.45. The molecule has 27 heavy (non-hydrogen) atoms. The van der Waals surface area contributed by atoms with Gasteiger partial charge in [-0.25, -0.2) is 4.98 Å². The van der Waals surface area contributed by atoms with Gasteiger partial charge < -0.3 is 19.3 Å². The number of carbonyl (C=O) groups excluding carboxylic acids is 1. The molecule has 2 heterocycles. The smallest absolute Gasteiger partial charge is 0.256 e. The Hall–Kier alpha value is -3.35. The fraction of sp³-hybridized carbons (Fsp3) is 0.250. The van der Waals surface area contributed by atoms with E-state index in [9.17, 15) is 4.79 Å². The van der Waals surface area contributed by atoms with Crippen LogP contribution in [0.2, 0.25) is 0 Å². The van der Waals surface area contributed by atoms with Crippen LogP contribution in [0, 0.1) is 20.8 Å². The number of hydrogen-bond acceptors (Lipinski definition) is 6. The molecule has 0 saturated carbocycles. The molecule has 0 fully saturated rings. The van der Waals surface area contributed by atoms with E-state index < -0.39 is 0 Å². The summed E-state index contributed by atoms with van der Waals surface area (Å²) in [6.45, 7) is 5.86. The molecule has 0 saturated heterocycles. The zero-order chi connectivity index (χ0) is 19.4. The van der Waals surface area contributed by atoms with Crippen molar-refractivity contribution >= 4 is 11.7 Å². The topological polar surface area (TPSA) is 86.5 Å². The van der Waals surface area contributed by atoms with Crippen LogP contribution in [0.4, 0.5) is 5.82 Å². The first kappa shape index (κ1) is 18.4. The number of ether oxygens (including phenoxy) is 2. The Bertz CT molecular complexity index is 946. The quantitative estimate of drug-likeness (QED) is 0.712. The summed E-state index contributed by atoms with van der Waals surface area (Å²) in [5.74, 6) is 1.93. The van der Waals surface area contributed by atoms with E-state index >= 15 is 0 Å². The maximum atomic E-state index is 12.5. The summed E-state index contributed by atoms with van der Waals surface area (Å²) >= 11 is 0. The molecule has 0 unspecified atom stereocenters. The van der Waals surface area contributed by atoms with Gasteiger partial charge in [-0.1, -0.05) is 11.2 Å². The van der Waals surface area contributed by atoms with Crippen molar-refractivity contribution in [2.24, 2.45) is 0 Å². The van der Waals surface area contributed by atoms with Gasteiger partial charge in [-0.3, -0.25) is 4.79 Å². The number of amides is 1. The minimum Gasteiger partial charge on any atom is -0.493 e. The molecule has 0 atom stereocenters. The molecule has 0 aliphatic heterocycles. The second-order valence-corrected chi connectivity index (χ2v) is 6.08. The Kier molecular flexibility index (Phi) is 5.40. The van der Waals surface area contributed by atoms with E-state index in [1.54, 1.807) is 24.3 Å². The molecule has 3 aromatic rings. The average Bonchev–Trinajstić information content (AvgIpc) is 2.97. The Balaban J connectivity index is 1.74. The van der Waals surface area contributed by atoms with Crippen molar-refractivity contribution in [1.29, 1.82) is 0 Å². The fourth-order valence-corrected chi connectivity index (χ4v) is 2.59. The van der Waals surface area contributed by atoms with Crippen LogP contribution in [-0.2, 0) is 6.61 Å². The van der Waals surface area contributed by atoms with Gasteiger partial charge in [0.25, 0.3) is 5.91 Å². The first-order valence-corrected chi connectivity index (χ1v) is 8.45. The van der Waals surface area contributed by atoms with Gasteiger partial charge in [0, 0.05) is 11.3 Å². The number of nitrogens with zero attached hydrogens (tertiary/aromatic N) is 2. The number of aryl methyl sites for hydroxylation is 3. The monoisotopic (exact) mass is 367 g/mol. The van der Waals surface area contributed by atoms with E-state index in [1.807, 2.05) is 32.9 Å². The minimum absolute atomic E-state index is 0.274. The highest BCUT2D eigenvalue weighted by molar-refractivity contribution is 6.04. The van der Waals surface area contributed by atoms with E-state index in [2.05, 4.69) is 15.5 Å². The Morgan fingerprint density at radius 1 is 1.15 bits per heavy atom. The van der Waals surface area contributed by atoms with Crippen molar-refractivity contribution in [2.45, 2.75) is 27.4 Å². The van der Waals surface area contributed by atoms with Crippen LogP contribution in [0.3, 0.4) is 0 Å². The molecule has 1 amide bonds. The highest BCUT2D eigenvalue weighted by Gasteiger charge is 2.14. The van der Waals surface area contributed by atoms with Crippen molar-refractivity contribution in [3.63, 3.8) is 0 Å². The number of pyridine rings is 1. The Labute approximate surface area is 157 Å². The lowest BCUT2D eigenvalue weighted by molar-refractivity contribution is 0.102. The lowest BCUT2D eigenvalue weighted by Gasteiger charge is -2.12. The maximum absolute atomic E-state index is 12.5. The summed E-state index contributed by atoms with van der Waals surface area (Å²) in [5.41, 5.74) is 2.95. The summed E-state index contributed by atoms with van der Waals surface area (Å²) in [6.07, 6.45) is 0. The van der Waals surface area contributed by atoms with E-state index in [4.69, 9.17) is 14.0 Å². The zero-order valence-electron chi connectivity index (χ0n) is 15.7. The van der Waals surface area contributed by atoms with Crippen LogP contribution in [0.5, 0.6) is 11.5 Å². The van der Waals surface area contributed by atoms with Crippen LogP contribution in [-0.4, -0.2) is 23.2 Å². The molecule has 140 valence electrons. The van der Waals surface area contributed by atoms with Gasteiger partial charge in [-0.15, -0.1) is 0 Å². The van der Waals surface area contributed by atoms with Crippen molar-refractivity contribution in [2.75, 3.05) is 12.4 Å². The third-order valence-corrected chi connectivity index (χ3v) is 4.11. The van der Waals surface area contributed by atoms with Gasteiger partial charge in [0.1, 0.15) is 18.2 Å². The van der Waals surface area contributed by atoms with Crippen LogP contribution in [0.15, 0.2) is 40.9 Å². The SMILES string of the molecule is COc1cc(C(=O)Nc2cccc(C)n2)ccc1OCc1c(C)noc1C. The second kappa shape index (κ2) is 7.90. The average molecular weight is 367 g/mol. The van der Waals surface area contributed by atoms with E-state index in [1.165, 1.54) is 7.11 Å². The highest BCUT2D eigenvalue weighted by atomic mass is 16.5. The van der Waals surface area contributed by atoms with Crippen molar-refractivity contribution in [3.8, 4) is 11.5 Å². The van der Waals surface area contributed by atoms with Gasteiger partial charge in [0.05, 0.1) is 18.4 Å². The molecule has 7 heteroatoms. The summed E-state index contributed by atoms with van der Waals surface area (Å²) in [5, 5.41) is 6.68. The summed E-state index contributed by atoms with van der Waals surface area (Å²) in [6, 6.07) is 10.5. The molecule has 0 aliphatic rings. The summed E-state index contributed by atoms with van der Waals surface area (Å²) in [7, 11) is 1.53. The van der Waals surface area contributed by atoms with E-state index in [-0.39, 0.29) is 5.91 Å². The number of carbonyl (C=O) groups is 1. The number of benzene rings is 1. The van der Waals surface area contributed by atoms with Gasteiger partial charge in [0.2, 0.25) is 0 Å². The number of methoxy groups -OCH3 is 1. The number of rotatable bonds is 6.